The van der Waals surface area contributed by atoms with Crippen LogP contribution in [0.25, 0.3) is 11.5 Å². The van der Waals surface area contributed by atoms with Crippen molar-refractivity contribution in [1.29, 1.82) is 0 Å². The van der Waals surface area contributed by atoms with E-state index in [0.717, 1.165) is 42.8 Å². The van der Waals surface area contributed by atoms with Gasteiger partial charge in [0.1, 0.15) is 11.9 Å². The maximum Gasteiger partial charge on any atom is 0.261 e. The highest BCUT2D eigenvalue weighted by Crippen LogP contribution is 2.40. The van der Waals surface area contributed by atoms with E-state index < -0.39 is 0 Å². The quantitative estimate of drug-likeness (QED) is 0.845. The molecule has 0 radical (unpaired) electrons. The number of ether oxygens (including phenoxy) is 1. The van der Waals surface area contributed by atoms with Crippen molar-refractivity contribution < 1.29 is 14.1 Å². The van der Waals surface area contributed by atoms with Crippen LogP contribution in [0.1, 0.15) is 37.4 Å². The van der Waals surface area contributed by atoms with Gasteiger partial charge in [0.15, 0.2) is 5.82 Å². The second-order valence-corrected chi connectivity index (χ2v) is 6.99. The van der Waals surface area contributed by atoms with Crippen LogP contribution in [0.15, 0.2) is 28.8 Å². The number of para-hydroxylation sites is 1. The molecule has 0 unspecified atom stereocenters. The number of likely N-dealkylation sites (tertiary alicyclic amines) is 1. The van der Waals surface area contributed by atoms with Crippen LogP contribution in [0.2, 0.25) is 0 Å². The highest BCUT2D eigenvalue weighted by Gasteiger charge is 2.40. The summed E-state index contributed by atoms with van der Waals surface area (Å²) in [4.78, 5) is 18.4. The third kappa shape index (κ3) is 2.56. The van der Waals surface area contributed by atoms with Gasteiger partial charge in [-0.1, -0.05) is 17.3 Å². The molecule has 0 bridgehead atoms. The van der Waals surface area contributed by atoms with Crippen molar-refractivity contribution in [2.45, 2.75) is 37.7 Å². The Kier molecular flexibility index (Phi) is 3.11. The number of rotatable bonds is 5. The number of nitrogens with zero attached hydrogens (tertiary/aromatic N) is 3. The fourth-order valence-electron chi connectivity index (χ4n) is 3.06. The van der Waals surface area contributed by atoms with Crippen LogP contribution in [0.4, 0.5) is 0 Å². The molecule has 6 nitrogen and oxygen atoms in total. The molecule has 24 heavy (non-hydrogen) atoms. The first kappa shape index (κ1) is 14.0. The Bertz CT molecular complexity index is 773. The first-order valence-electron chi connectivity index (χ1n) is 8.66. The Morgan fingerprint density at radius 3 is 2.71 bits per heavy atom. The van der Waals surface area contributed by atoms with E-state index in [1.165, 1.54) is 0 Å². The van der Waals surface area contributed by atoms with Gasteiger partial charge in [-0.25, -0.2) is 0 Å². The summed E-state index contributed by atoms with van der Waals surface area (Å²) in [6, 6.07) is 7.72. The Hall–Kier alpha value is -2.37. The zero-order valence-corrected chi connectivity index (χ0v) is 13.4. The van der Waals surface area contributed by atoms with Gasteiger partial charge in [-0.2, -0.15) is 4.98 Å². The van der Waals surface area contributed by atoms with Gasteiger partial charge in [0.25, 0.3) is 5.89 Å². The third-order valence-electron chi connectivity index (χ3n) is 4.88. The molecule has 2 heterocycles. The van der Waals surface area contributed by atoms with Crippen molar-refractivity contribution in [2.24, 2.45) is 5.92 Å². The molecule has 3 aliphatic rings. The van der Waals surface area contributed by atoms with Gasteiger partial charge >= 0.3 is 0 Å². The second-order valence-electron chi connectivity index (χ2n) is 6.99. The first-order chi connectivity index (χ1) is 11.8. The molecule has 1 amide bonds. The highest BCUT2D eigenvalue weighted by molar-refractivity contribution is 5.81. The summed E-state index contributed by atoms with van der Waals surface area (Å²) in [5.41, 5.74) is 0.823. The largest absolute Gasteiger partial charge is 0.486 e. The van der Waals surface area contributed by atoms with E-state index in [9.17, 15) is 4.79 Å². The van der Waals surface area contributed by atoms with E-state index in [1.54, 1.807) is 0 Å². The van der Waals surface area contributed by atoms with Crippen LogP contribution < -0.4 is 4.74 Å². The van der Waals surface area contributed by atoms with E-state index in [4.69, 9.17) is 9.26 Å². The molecule has 0 spiro atoms. The smallest absolute Gasteiger partial charge is 0.261 e. The van der Waals surface area contributed by atoms with Crippen molar-refractivity contribution in [3.63, 3.8) is 0 Å². The maximum absolute atomic E-state index is 12.0. The lowest BCUT2D eigenvalue weighted by atomic mass is 10.1. The number of carbonyl (C=O) groups is 1. The number of aromatic nitrogens is 2. The molecular weight excluding hydrogens is 306 g/mol. The number of hydrogen-bond donors (Lipinski definition) is 0. The molecule has 1 saturated heterocycles. The summed E-state index contributed by atoms with van der Waals surface area (Å²) in [5, 5.41) is 4.08. The molecule has 1 aromatic heterocycles. The number of amides is 1. The fraction of sp³-hybridized carbons (Fsp3) is 0.500. The number of hydrogen-bond acceptors (Lipinski definition) is 5. The number of carbonyl (C=O) groups excluding carboxylic acids is 1. The van der Waals surface area contributed by atoms with Crippen LogP contribution in [-0.2, 0) is 4.79 Å². The van der Waals surface area contributed by atoms with Crippen molar-refractivity contribution in [2.75, 3.05) is 13.1 Å². The highest BCUT2D eigenvalue weighted by atomic mass is 16.5. The first-order valence-corrected chi connectivity index (χ1v) is 8.66. The molecule has 1 aromatic carbocycles. The van der Waals surface area contributed by atoms with E-state index in [1.807, 2.05) is 29.2 Å². The van der Waals surface area contributed by atoms with E-state index >= 15 is 0 Å². The molecule has 2 aliphatic carbocycles. The zero-order valence-electron chi connectivity index (χ0n) is 13.4. The van der Waals surface area contributed by atoms with Gasteiger partial charge < -0.3 is 14.2 Å². The topological polar surface area (TPSA) is 68.5 Å². The summed E-state index contributed by atoms with van der Waals surface area (Å²) in [6.45, 7) is 1.33. The molecule has 124 valence electrons. The fourth-order valence-corrected chi connectivity index (χ4v) is 3.06. The summed E-state index contributed by atoms with van der Waals surface area (Å²) in [5.74, 6) is 3.07. The number of benzene rings is 1. The van der Waals surface area contributed by atoms with Gasteiger partial charge in [-0.3, -0.25) is 4.79 Å². The predicted molar refractivity (Wildman–Crippen MR) is 85.4 cm³/mol. The van der Waals surface area contributed by atoms with Gasteiger partial charge in [0, 0.05) is 11.8 Å². The normalized spacial score (nSPS) is 20.8. The van der Waals surface area contributed by atoms with Crippen molar-refractivity contribution in [3.05, 3.63) is 30.1 Å². The molecule has 0 N–H and O–H groups in total. The average molecular weight is 325 g/mol. The van der Waals surface area contributed by atoms with Crippen LogP contribution >= 0.6 is 0 Å². The van der Waals surface area contributed by atoms with Gasteiger partial charge in [0.05, 0.1) is 18.7 Å². The lowest BCUT2D eigenvalue weighted by Crippen LogP contribution is -2.56. The summed E-state index contributed by atoms with van der Waals surface area (Å²) in [7, 11) is 0. The van der Waals surface area contributed by atoms with Gasteiger partial charge in [-0.15, -0.1) is 0 Å². The Morgan fingerprint density at radius 1 is 1.17 bits per heavy atom. The predicted octanol–water partition coefficient (Wildman–Crippen LogP) is 2.61. The molecular formula is C18H19N3O3. The minimum absolute atomic E-state index is 0.0414. The van der Waals surface area contributed by atoms with Crippen molar-refractivity contribution in [1.82, 2.24) is 15.0 Å². The van der Waals surface area contributed by atoms with Gasteiger partial charge in [0.2, 0.25) is 5.91 Å². The minimum atomic E-state index is 0.0414. The van der Waals surface area contributed by atoms with Gasteiger partial charge in [-0.05, 0) is 37.8 Å². The summed E-state index contributed by atoms with van der Waals surface area (Å²) < 4.78 is 11.5. The van der Waals surface area contributed by atoms with Crippen LogP contribution in [0.5, 0.6) is 5.75 Å². The monoisotopic (exact) mass is 325 g/mol. The zero-order chi connectivity index (χ0) is 16.1. The summed E-state index contributed by atoms with van der Waals surface area (Å²) in [6.07, 6.45) is 4.42. The Labute approximate surface area is 139 Å². The molecule has 1 aliphatic heterocycles. The van der Waals surface area contributed by atoms with Crippen LogP contribution in [0.3, 0.4) is 0 Å². The molecule has 6 heteroatoms. The van der Waals surface area contributed by atoms with Crippen molar-refractivity contribution >= 4 is 5.91 Å². The molecule has 2 saturated carbocycles. The Morgan fingerprint density at radius 2 is 1.96 bits per heavy atom. The SMILES string of the molecule is O=C(C1CC1)N1CC(Oc2ccccc2-c2nc(C3CC3)no2)C1. The van der Waals surface area contributed by atoms with E-state index in [-0.39, 0.29) is 17.9 Å². The van der Waals surface area contributed by atoms with E-state index in [0.29, 0.717) is 24.9 Å². The molecule has 0 atom stereocenters. The standard InChI is InChI=1S/C18H19N3O3/c22-18(12-7-8-12)21-9-13(10-21)23-15-4-2-1-3-14(15)17-19-16(20-24-17)11-5-6-11/h1-4,11-13H,5-10H2. The second kappa shape index (κ2) is 5.33. The summed E-state index contributed by atoms with van der Waals surface area (Å²) >= 11 is 0. The van der Waals surface area contributed by atoms with Crippen LogP contribution in [0, 0.1) is 5.92 Å². The Balaban J connectivity index is 1.29. The lowest BCUT2D eigenvalue weighted by Gasteiger charge is -2.39. The molecule has 2 aromatic rings. The van der Waals surface area contributed by atoms with E-state index in [2.05, 4.69) is 10.1 Å². The maximum atomic E-state index is 12.0. The molecule has 5 rings (SSSR count). The average Bonchev–Trinajstić information content (AvgIpc) is 3.48. The third-order valence-corrected chi connectivity index (χ3v) is 4.88. The minimum Gasteiger partial charge on any atom is -0.486 e. The molecule has 3 fully saturated rings. The van der Waals surface area contributed by atoms with Crippen LogP contribution in [-0.4, -0.2) is 40.1 Å². The van der Waals surface area contributed by atoms with Crippen molar-refractivity contribution in [3.8, 4) is 17.2 Å². The lowest BCUT2D eigenvalue weighted by molar-refractivity contribution is -0.141.